The standard InChI is InChI=1S/C25H29ClN2O4/c26-21-15-17(7-10-23(21)32-18-11-13-31-14-12-18)19(3-1-2-4-24(27)29)22-9-8-20(16-5-6-16)25(30)28-22/h3,7-10,15-16,18H,1-2,4-6,11-14H2,(H2,27,29)(H,28,30)/b19-3+. The van der Waals surface area contributed by atoms with E-state index >= 15 is 0 Å². The fourth-order valence-electron chi connectivity index (χ4n) is 4.00. The highest BCUT2D eigenvalue weighted by Gasteiger charge is 2.26. The van der Waals surface area contributed by atoms with Crippen molar-refractivity contribution in [3.63, 3.8) is 0 Å². The van der Waals surface area contributed by atoms with Crippen LogP contribution in [0.15, 0.2) is 41.2 Å². The summed E-state index contributed by atoms with van der Waals surface area (Å²) in [6.07, 6.45) is 7.57. The van der Waals surface area contributed by atoms with Crippen LogP contribution < -0.4 is 16.0 Å². The Hall–Kier alpha value is -2.57. The molecule has 0 atom stereocenters. The number of hydrogen-bond donors (Lipinski definition) is 2. The van der Waals surface area contributed by atoms with Crippen molar-refractivity contribution in [3.8, 4) is 5.75 Å². The Balaban J connectivity index is 1.59. The normalized spacial score (nSPS) is 17.3. The van der Waals surface area contributed by atoms with Gasteiger partial charge < -0.3 is 20.2 Å². The summed E-state index contributed by atoms with van der Waals surface area (Å²) in [6, 6.07) is 9.57. The highest BCUT2D eigenvalue weighted by Crippen LogP contribution is 2.38. The van der Waals surface area contributed by atoms with Gasteiger partial charge in [-0.2, -0.15) is 0 Å². The number of primary amides is 1. The van der Waals surface area contributed by atoms with Gasteiger partial charge in [0.15, 0.2) is 0 Å². The first-order chi connectivity index (χ1) is 15.5. The lowest BCUT2D eigenvalue weighted by Crippen LogP contribution is -2.25. The number of allylic oxidation sites excluding steroid dienone is 1. The molecule has 3 N–H and O–H groups in total. The van der Waals surface area contributed by atoms with E-state index in [9.17, 15) is 9.59 Å². The molecule has 1 saturated carbocycles. The smallest absolute Gasteiger partial charge is 0.251 e. The van der Waals surface area contributed by atoms with E-state index in [1.165, 1.54) is 0 Å². The van der Waals surface area contributed by atoms with Gasteiger partial charge in [-0.25, -0.2) is 0 Å². The van der Waals surface area contributed by atoms with E-state index < -0.39 is 0 Å². The number of hydrogen-bond acceptors (Lipinski definition) is 4. The molecule has 0 radical (unpaired) electrons. The Morgan fingerprint density at radius 2 is 1.97 bits per heavy atom. The lowest BCUT2D eigenvalue weighted by molar-refractivity contribution is -0.118. The molecule has 2 heterocycles. The lowest BCUT2D eigenvalue weighted by atomic mass is 9.99. The maximum Gasteiger partial charge on any atom is 0.251 e. The molecule has 0 spiro atoms. The van der Waals surface area contributed by atoms with Crippen LogP contribution in [0.4, 0.5) is 0 Å². The molecule has 2 aromatic rings. The largest absolute Gasteiger partial charge is 0.489 e. The average Bonchev–Trinajstić information content (AvgIpc) is 3.61. The average molecular weight is 457 g/mol. The summed E-state index contributed by atoms with van der Waals surface area (Å²) >= 11 is 6.57. The van der Waals surface area contributed by atoms with Crippen molar-refractivity contribution >= 4 is 23.1 Å². The summed E-state index contributed by atoms with van der Waals surface area (Å²) in [4.78, 5) is 26.8. The molecule has 1 aromatic carbocycles. The van der Waals surface area contributed by atoms with Crippen LogP contribution in [0.1, 0.15) is 67.7 Å². The second kappa shape index (κ2) is 10.4. The van der Waals surface area contributed by atoms with Crippen molar-refractivity contribution in [1.82, 2.24) is 4.98 Å². The van der Waals surface area contributed by atoms with Crippen LogP contribution in [0.3, 0.4) is 0 Å². The van der Waals surface area contributed by atoms with Crippen molar-refractivity contribution in [2.45, 2.75) is 57.0 Å². The SMILES string of the molecule is NC(=O)CCC/C=C(\c1ccc(OC2CCOCC2)c(Cl)c1)c1ccc(C2CC2)c(=O)[nH]1. The van der Waals surface area contributed by atoms with Gasteiger partial charge in [-0.1, -0.05) is 29.8 Å². The van der Waals surface area contributed by atoms with Gasteiger partial charge in [-0.15, -0.1) is 0 Å². The molecule has 32 heavy (non-hydrogen) atoms. The van der Waals surface area contributed by atoms with Crippen LogP contribution in [-0.2, 0) is 9.53 Å². The number of H-pyrrole nitrogens is 1. The minimum atomic E-state index is -0.320. The predicted molar refractivity (Wildman–Crippen MR) is 125 cm³/mol. The molecule has 7 heteroatoms. The minimum absolute atomic E-state index is 0.0430. The third-order valence-corrected chi connectivity index (χ3v) is 6.22. The Morgan fingerprint density at radius 3 is 2.62 bits per heavy atom. The molecule has 4 rings (SSSR count). The molecular weight excluding hydrogens is 428 g/mol. The molecule has 1 amide bonds. The van der Waals surface area contributed by atoms with Gasteiger partial charge in [0, 0.05) is 36.1 Å². The molecular formula is C25H29ClN2O4. The number of nitrogens with two attached hydrogens (primary N) is 1. The monoisotopic (exact) mass is 456 g/mol. The molecule has 0 bridgehead atoms. The van der Waals surface area contributed by atoms with Crippen LogP contribution >= 0.6 is 11.6 Å². The fourth-order valence-corrected chi connectivity index (χ4v) is 4.23. The minimum Gasteiger partial charge on any atom is -0.489 e. The van der Waals surface area contributed by atoms with Gasteiger partial charge in [0.2, 0.25) is 5.91 Å². The molecule has 2 fully saturated rings. The van der Waals surface area contributed by atoms with Gasteiger partial charge in [0.05, 0.1) is 18.2 Å². The summed E-state index contributed by atoms with van der Waals surface area (Å²) in [6.45, 7) is 1.39. The van der Waals surface area contributed by atoms with E-state index in [1.807, 2.05) is 36.4 Å². The van der Waals surface area contributed by atoms with Crippen LogP contribution in [0.5, 0.6) is 5.75 Å². The molecule has 1 aliphatic carbocycles. The second-order valence-electron chi connectivity index (χ2n) is 8.48. The van der Waals surface area contributed by atoms with Crippen molar-refractivity contribution in [2.24, 2.45) is 5.73 Å². The van der Waals surface area contributed by atoms with Gasteiger partial charge in [0.1, 0.15) is 11.9 Å². The fraction of sp³-hybridized carbons (Fsp3) is 0.440. The lowest BCUT2D eigenvalue weighted by Gasteiger charge is -2.24. The van der Waals surface area contributed by atoms with E-state index in [0.29, 0.717) is 49.2 Å². The molecule has 1 aliphatic heterocycles. The predicted octanol–water partition coefficient (Wildman–Crippen LogP) is 4.55. The van der Waals surface area contributed by atoms with Gasteiger partial charge in [-0.05, 0) is 55.4 Å². The van der Waals surface area contributed by atoms with Crippen LogP contribution in [0.25, 0.3) is 5.57 Å². The number of benzene rings is 1. The number of halogens is 1. The number of pyridine rings is 1. The summed E-state index contributed by atoms with van der Waals surface area (Å²) in [5.41, 5.74) is 8.55. The van der Waals surface area contributed by atoms with Crippen molar-refractivity contribution in [1.29, 1.82) is 0 Å². The molecule has 1 saturated heterocycles. The summed E-state index contributed by atoms with van der Waals surface area (Å²) < 4.78 is 11.5. The number of carbonyl (C=O) groups excluding carboxylic acids is 1. The van der Waals surface area contributed by atoms with E-state index in [4.69, 9.17) is 26.8 Å². The summed E-state index contributed by atoms with van der Waals surface area (Å²) in [5.74, 6) is 0.708. The topological polar surface area (TPSA) is 94.4 Å². The Morgan fingerprint density at radius 1 is 1.19 bits per heavy atom. The first-order valence-electron chi connectivity index (χ1n) is 11.3. The number of amides is 1. The number of nitrogens with one attached hydrogen (secondary N) is 1. The van der Waals surface area contributed by atoms with Crippen molar-refractivity contribution in [3.05, 3.63) is 68.6 Å². The molecule has 1 aromatic heterocycles. The van der Waals surface area contributed by atoms with Crippen molar-refractivity contribution < 1.29 is 14.3 Å². The maximum absolute atomic E-state index is 12.6. The first kappa shape index (κ1) is 22.6. The van der Waals surface area contributed by atoms with E-state index in [1.54, 1.807) is 0 Å². The molecule has 170 valence electrons. The number of ether oxygens (including phenoxy) is 2. The Labute approximate surface area is 192 Å². The van der Waals surface area contributed by atoms with E-state index in [-0.39, 0.29) is 17.6 Å². The molecule has 2 aliphatic rings. The third kappa shape index (κ3) is 5.81. The second-order valence-corrected chi connectivity index (χ2v) is 8.89. The highest BCUT2D eigenvalue weighted by molar-refractivity contribution is 6.32. The van der Waals surface area contributed by atoms with Gasteiger partial charge in [0.25, 0.3) is 5.56 Å². The number of aromatic amines is 1. The summed E-state index contributed by atoms with van der Waals surface area (Å²) in [5, 5.41) is 0.522. The van der Waals surface area contributed by atoms with E-state index in [2.05, 4.69) is 4.98 Å². The van der Waals surface area contributed by atoms with Crippen molar-refractivity contribution in [2.75, 3.05) is 13.2 Å². The Bertz CT molecular complexity index is 1050. The zero-order chi connectivity index (χ0) is 22.5. The number of rotatable bonds is 9. The van der Waals surface area contributed by atoms with Gasteiger partial charge in [-0.3, -0.25) is 9.59 Å². The zero-order valence-corrected chi connectivity index (χ0v) is 18.8. The number of carbonyl (C=O) groups is 1. The maximum atomic E-state index is 12.6. The zero-order valence-electron chi connectivity index (χ0n) is 18.1. The molecule has 0 unspecified atom stereocenters. The third-order valence-electron chi connectivity index (χ3n) is 5.93. The summed E-state index contributed by atoms with van der Waals surface area (Å²) in [7, 11) is 0. The molecule has 6 nitrogen and oxygen atoms in total. The number of aromatic nitrogens is 1. The van der Waals surface area contributed by atoms with E-state index in [0.717, 1.165) is 48.1 Å². The number of unbranched alkanes of at least 4 members (excludes halogenated alkanes) is 1. The van der Waals surface area contributed by atoms with Gasteiger partial charge >= 0.3 is 0 Å². The Kier molecular flexibility index (Phi) is 7.33. The first-order valence-corrected chi connectivity index (χ1v) is 11.7. The highest BCUT2D eigenvalue weighted by atomic mass is 35.5. The van der Waals surface area contributed by atoms with Crippen LogP contribution in [0.2, 0.25) is 5.02 Å². The quantitative estimate of drug-likeness (QED) is 0.541. The van der Waals surface area contributed by atoms with Crippen LogP contribution in [0, 0.1) is 0 Å². The van der Waals surface area contributed by atoms with Crippen LogP contribution in [-0.4, -0.2) is 30.2 Å².